The molecule has 1 saturated heterocycles. The lowest BCUT2D eigenvalue weighted by molar-refractivity contribution is -0.234. The Kier molecular flexibility index (Phi) is 1.66. The molecule has 1 aliphatic heterocycles. The molecule has 0 unspecified atom stereocenters. The van der Waals surface area contributed by atoms with Crippen molar-refractivity contribution < 1.29 is 9.31 Å². The number of rotatable bonds is 0. The van der Waals surface area contributed by atoms with E-state index in [0.717, 1.165) is 12.3 Å². The second-order valence-corrected chi connectivity index (χ2v) is 6.65. The molecule has 0 aromatic rings. The quantitative estimate of drug-likeness (QED) is 0.570. The van der Waals surface area contributed by atoms with E-state index in [-0.39, 0.29) is 18.3 Å². The van der Waals surface area contributed by atoms with Crippen LogP contribution < -0.4 is 0 Å². The summed E-state index contributed by atoms with van der Waals surface area (Å²) in [6.07, 6.45) is 2.49. The van der Waals surface area contributed by atoms with Crippen LogP contribution in [0.2, 0.25) is 6.82 Å². The van der Waals surface area contributed by atoms with E-state index >= 15 is 0 Å². The molecule has 1 heterocycles. The second kappa shape index (κ2) is 2.46. The molecule has 2 bridgehead atoms. The lowest BCUT2D eigenvalue weighted by atomic mass is 9.41. The molecule has 4 atom stereocenters. The van der Waals surface area contributed by atoms with Gasteiger partial charge in [-0.1, -0.05) is 13.8 Å². The summed E-state index contributed by atoms with van der Waals surface area (Å²) in [5, 5.41) is 0. The van der Waals surface area contributed by atoms with Crippen LogP contribution in [0, 0.1) is 17.3 Å². The highest BCUT2D eigenvalue weighted by atomic mass is 16.7. The zero-order valence-corrected chi connectivity index (χ0v) is 10.5. The van der Waals surface area contributed by atoms with E-state index in [1.807, 2.05) is 6.82 Å². The van der Waals surface area contributed by atoms with E-state index in [9.17, 15) is 0 Å². The summed E-state index contributed by atoms with van der Waals surface area (Å²) in [6.45, 7) is 11.3. The highest BCUT2D eigenvalue weighted by molar-refractivity contribution is 6.43. The van der Waals surface area contributed by atoms with Crippen LogP contribution >= 0.6 is 0 Å². The van der Waals surface area contributed by atoms with Gasteiger partial charge in [0.15, 0.2) is 0 Å². The van der Waals surface area contributed by atoms with Crippen LogP contribution in [0.15, 0.2) is 0 Å². The molecule has 4 rings (SSSR count). The van der Waals surface area contributed by atoms with E-state index in [0.29, 0.717) is 11.3 Å². The third-order valence-electron chi connectivity index (χ3n) is 5.66. The molecule has 4 aliphatic rings. The maximum Gasteiger partial charge on any atom is 0.454 e. The van der Waals surface area contributed by atoms with Gasteiger partial charge in [0, 0.05) is 0 Å². The van der Waals surface area contributed by atoms with Crippen molar-refractivity contribution in [3.05, 3.63) is 0 Å². The van der Waals surface area contributed by atoms with Gasteiger partial charge in [0.25, 0.3) is 0 Å². The van der Waals surface area contributed by atoms with Gasteiger partial charge < -0.3 is 9.31 Å². The van der Waals surface area contributed by atoms with Crippen molar-refractivity contribution in [1.82, 2.24) is 0 Å². The van der Waals surface area contributed by atoms with Gasteiger partial charge in [0.1, 0.15) is 0 Å². The predicted molar refractivity (Wildman–Crippen MR) is 60.6 cm³/mol. The molecule has 0 radical (unpaired) electrons. The van der Waals surface area contributed by atoms with Gasteiger partial charge in [-0.05, 0) is 50.8 Å². The van der Waals surface area contributed by atoms with Crippen molar-refractivity contribution in [2.75, 3.05) is 0 Å². The van der Waals surface area contributed by atoms with Crippen LogP contribution in [0.3, 0.4) is 0 Å². The van der Waals surface area contributed by atoms with Crippen molar-refractivity contribution >= 4 is 7.12 Å². The molecule has 0 aromatic carbocycles. The Labute approximate surface area is 92.9 Å². The summed E-state index contributed by atoms with van der Waals surface area (Å²) < 4.78 is 12.1. The van der Waals surface area contributed by atoms with Crippen molar-refractivity contribution in [2.24, 2.45) is 17.3 Å². The molecule has 0 spiro atoms. The molecule has 84 valence electrons. The largest absolute Gasteiger partial charge is 0.454 e. The first-order valence-electron chi connectivity index (χ1n) is 6.15. The first-order chi connectivity index (χ1) is 6.80. The van der Waals surface area contributed by atoms with Crippen molar-refractivity contribution in [3.63, 3.8) is 0 Å². The van der Waals surface area contributed by atoms with Crippen LogP contribution in [0.25, 0.3) is 0 Å². The molecule has 15 heavy (non-hydrogen) atoms. The predicted octanol–water partition coefficient (Wildman–Crippen LogP) is 2.73. The molecule has 0 N–H and O–H groups in total. The van der Waals surface area contributed by atoms with Gasteiger partial charge in [0.05, 0.1) is 11.2 Å². The zero-order valence-electron chi connectivity index (χ0n) is 10.5. The standard InChI is InChI=1S/C12H21BO2/c1-10(2)8-6-9(10)12(4)11(3,7-8)14-13(5)15-12/h8-9H,6-7H2,1-5H3/t8-,9-,11+,12-/m1/s1. The Balaban J connectivity index is 2.02. The average Bonchev–Trinajstić information content (AvgIpc) is 2.32. The first-order valence-corrected chi connectivity index (χ1v) is 6.15. The first kappa shape index (κ1) is 10.2. The molecular formula is C12H21BO2. The fourth-order valence-electron chi connectivity index (χ4n) is 4.45. The fourth-order valence-corrected chi connectivity index (χ4v) is 4.45. The Bertz CT molecular complexity index is 317. The zero-order chi connectivity index (χ0) is 11.1. The van der Waals surface area contributed by atoms with Gasteiger partial charge in [-0.15, -0.1) is 0 Å². The summed E-state index contributed by atoms with van der Waals surface area (Å²) in [7, 11) is -0.0323. The fraction of sp³-hybridized carbons (Fsp3) is 1.00. The maximum atomic E-state index is 6.12. The SMILES string of the molecule is CB1O[C@@]2(C)C[C@H]3C[C@H](C3(C)C)[C@@]2(C)O1. The number of hydrogen-bond donors (Lipinski definition) is 0. The molecule has 3 aliphatic carbocycles. The molecular weight excluding hydrogens is 187 g/mol. The van der Waals surface area contributed by atoms with Gasteiger partial charge in [0.2, 0.25) is 0 Å². The highest BCUT2D eigenvalue weighted by Crippen LogP contribution is 2.68. The average molecular weight is 208 g/mol. The van der Waals surface area contributed by atoms with Crippen LogP contribution in [0.5, 0.6) is 0 Å². The summed E-state index contributed by atoms with van der Waals surface area (Å²) in [5.74, 6) is 1.49. The third kappa shape index (κ3) is 0.950. The summed E-state index contributed by atoms with van der Waals surface area (Å²) >= 11 is 0. The second-order valence-electron chi connectivity index (χ2n) is 6.65. The Morgan fingerprint density at radius 3 is 2.40 bits per heavy atom. The van der Waals surface area contributed by atoms with Crippen molar-refractivity contribution in [1.29, 1.82) is 0 Å². The highest BCUT2D eigenvalue weighted by Gasteiger charge is 2.71. The molecule has 2 nitrogen and oxygen atoms in total. The monoisotopic (exact) mass is 208 g/mol. The molecule has 3 heteroatoms. The molecule has 0 amide bonds. The van der Waals surface area contributed by atoms with E-state index < -0.39 is 0 Å². The minimum atomic E-state index is -0.0648. The summed E-state index contributed by atoms with van der Waals surface area (Å²) in [4.78, 5) is 0. The van der Waals surface area contributed by atoms with Crippen LogP contribution in [0.4, 0.5) is 0 Å². The molecule has 3 saturated carbocycles. The van der Waals surface area contributed by atoms with E-state index in [1.54, 1.807) is 0 Å². The van der Waals surface area contributed by atoms with E-state index in [1.165, 1.54) is 6.42 Å². The van der Waals surface area contributed by atoms with Crippen LogP contribution in [0.1, 0.15) is 40.5 Å². The summed E-state index contributed by atoms with van der Waals surface area (Å²) in [5.41, 5.74) is 0.335. The topological polar surface area (TPSA) is 18.5 Å². The van der Waals surface area contributed by atoms with Gasteiger partial charge >= 0.3 is 7.12 Å². The maximum absolute atomic E-state index is 6.12. The smallest absolute Gasteiger partial charge is 0.403 e. The number of hydrogen-bond acceptors (Lipinski definition) is 2. The normalized spacial score (nSPS) is 56.2. The van der Waals surface area contributed by atoms with E-state index in [4.69, 9.17) is 9.31 Å². The Morgan fingerprint density at radius 2 is 1.80 bits per heavy atom. The van der Waals surface area contributed by atoms with Crippen LogP contribution in [-0.2, 0) is 9.31 Å². The Hall–Kier alpha value is -0.0151. The van der Waals surface area contributed by atoms with Gasteiger partial charge in [-0.2, -0.15) is 0 Å². The summed E-state index contributed by atoms with van der Waals surface area (Å²) in [6, 6.07) is 0. The van der Waals surface area contributed by atoms with Crippen molar-refractivity contribution in [2.45, 2.75) is 58.6 Å². The van der Waals surface area contributed by atoms with Gasteiger partial charge in [-0.3, -0.25) is 0 Å². The minimum absolute atomic E-state index is 0.0323. The van der Waals surface area contributed by atoms with Crippen molar-refractivity contribution in [3.8, 4) is 0 Å². The minimum Gasteiger partial charge on any atom is -0.403 e. The molecule has 0 aromatic heterocycles. The van der Waals surface area contributed by atoms with E-state index in [2.05, 4.69) is 27.7 Å². The Morgan fingerprint density at radius 1 is 1.13 bits per heavy atom. The lowest BCUT2D eigenvalue weighted by Crippen LogP contribution is -2.70. The third-order valence-corrected chi connectivity index (χ3v) is 5.66. The van der Waals surface area contributed by atoms with Crippen LogP contribution in [-0.4, -0.2) is 18.3 Å². The lowest BCUT2D eigenvalue weighted by Gasteiger charge is -2.67. The van der Waals surface area contributed by atoms with Gasteiger partial charge in [-0.25, -0.2) is 0 Å². The molecule has 4 fully saturated rings.